The molecular formula is C10H19N3OS. The molecule has 0 saturated carbocycles. The van der Waals surface area contributed by atoms with E-state index in [4.69, 9.17) is 12.2 Å². The van der Waals surface area contributed by atoms with Crippen molar-refractivity contribution in [1.82, 2.24) is 15.5 Å². The fourth-order valence-electron chi connectivity index (χ4n) is 1.58. The zero-order valence-electron chi connectivity index (χ0n) is 9.76. The predicted octanol–water partition coefficient (Wildman–Crippen LogP) is 0.480. The van der Waals surface area contributed by atoms with E-state index in [1.807, 2.05) is 32.6 Å². The molecule has 1 saturated heterocycles. The van der Waals surface area contributed by atoms with Gasteiger partial charge in [0.25, 0.3) is 0 Å². The first kappa shape index (κ1) is 12.2. The lowest BCUT2D eigenvalue weighted by Gasteiger charge is -2.43. The van der Waals surface area contributed by atoms with E-state index in [0.717, 1.165) is 6.54 Å². The summed E-state index contributed by atoms with van der Waals surface area (Å²) >= 11 is 5.29. The molecule has 5 heteroatoms. The Labute approximate surface area is 96.4 Å². The smallest absolute Gasteiger partial charge is 0.245 e. The molecule has 86 valence electrons. The van der Waals surface area contributed by atoms with E-state index in [1.165, 1.54) is 0 Å². The summed E-state index contributed by atoms with van der Waals surface area (Å²) in [7, 11) is 0. The molecule has 0 bridgehead atoms. The molecule has 1 aliphatic rings. The first-order chi connectivity index (χ1) is 6.85. The molecule has 1 fully saturated rings. The van der Waals surface area contributed by atoms with Crippen LogP contribution in [0.3, 0.4) is 0 Å². The van der Waals surface area contributed by atoms with Crippen LogP contribution in [0.4, 0.5) is 0 Å². The van der Waals surface area contributed by atoms with Crippen molar-refractivity contribution in [2.24, 2.45) is 0 Å². The number of hydrogen-bond acceptors (Lipinski definition) is 2. The highest BCUT2D eigenvalue weighted by molar-refractivity contribution is 7.80. The molecule has 0 aliphatic carbocycles. The molecule has 1 rings (SSSR count). The number of piperazine rings is 1. The average molecular weight is 229 g/mol. The third-order valence-electron chi connectivity index (χ3n) is 2.51. The second-order valence-corrected chi connectivity index (χ2v) is 4.96. The standard InChI is InChI=1S/C10H19N3OS/c1-7(2)12-9(15)13-6-5-11-8(14)10(13,3)4/h7H,5-6H2,1-4H3,(H,11,14)(H,12,15). The number of thiocarbonyl (C=S) groups is 1. The van der Waals surface area contributed by atoms with Gasteiger partial charge in [-0.05, 0) is 39.9 Å². The van der Waals surface area contributed by atoms with Crippen molar-refractivity contribution in [3.63, 3.8) is 0 Å². The number of nitrogens with zero attached hydrogens (tertiary/aromatic N) is 1. The van der Waals surface area contributed by atoms with Gasteiger partial charge in [-0.1, -0.05) is 0 Å². The van der Waals surface area contributed by atoms with Crippen molar-refractivity contribution in [1.29, 1.82) is 0 Å². The van der Waals surface area contributed by atoms with Crippen molar-refractivity contribution < 1.29 is 4.79 Å². The Hall–Kier alpha value is -0.840. The molecule has 0 aromatic carbocycles. The summed E-state index contributed by atoms with van der Waals surface area (Å²) in [5, 5.41) is 6.67. The largest absolute Gasteiger partial charge is 0.360 e. The van der Waals surface area contributed by atoms with Gasteiger partial charge in [0.2, 0.25) is 5.91 Å². The van der Waals surface area contributed by atoms with Crippen LogP contribution in [-0.4, -0.2) is 40.6 Å². The summed E-state index contributed by atoms with van der Waals surface area (Å²) in [6, 6.07) is 0.290. The van der Waals surface area contributed by atoms with E-state index >= 15 is 0 Å². The van der Waals surface area contributed by atoms with Gasteiger partial charge in [-0.15, -0.1) is 0 Å². The molecule has 1 aliphatic heterocycles. The van der Waals surface area contributed by atoms with Crippen LogP contribution in [0.15, 0.2) is 0 Å². The number of hydrogen-bond donors (Lipinski definition) is 2. The minimum absolute atomic E-state index is 0.0293. The van der Waals surface area contributed by atoms with E-state index in [0.29, 0.717) is 17.7 Å². The Morgan fingerprint density at radius 1 is 1.60 bits per heavy atom. The van der Waals surface area contributed by atoms with Crippen LogP contribution in [0.5, 0.6) is 0 Å². The van der Waals surface area contributed by atoms with Gasteiger partial charge < -0.3 is 15.5 Å². The van der Waals surface area contributed by atoms with Gasteiger partial charge in [0.05, 0.1) is 0 Å². The third-order valence-corrected chi connectivity index (χ3v) is 2.85. The summed E-state index contributed by atoms with van der Waals surface area (Å²) in [5.41, 5.74) is -0.558. The van der Waals surface area contributed by atoms with Gasteiger partial charge in [0.1, 0.15) is 5.54 Å². The normalized spacial score (nSPS) is 20.1. The van der Waals surface area contributed by atoms with E-state index in [9.17, 15) is 4.79 Å². The van der Waals surface area contributed by atoms with Crippen LogP contribution < -0.4 is 10.6 Å². The highest BCUT2D eigenvalue weighted by atomic mass is 32.1. The third kappa shape index (κ3) is 2.59. The van der Waals surface area contributed by atoms with Crippen LogP contribution in [0.2, 0.25) is 0 Å². The molecule has 2 N–H and O–H groups in total. The Morgan fingerprint density at radius 2 is 2.20 bits per heavy atom. The van der Waals surface area contributed by atoms with Crippen LogP contribution in [0.1, 0.15) is 27.7 Å². The Bertz CT molecular complexity index is 276. The minimum Gasteiger partial charge on any atom is -0.360 e. The van der Waals surface area contributed by atoms with E-state index in [2.05, 4.69) is 10.6 Å². The zero-order valence-corrected chi connectivity index (χ0v) is 10.6. The second kappa shape index (κ2) is 4.35. The minimum atomic E-state index is -0.558. The maximum absolute atomic E-state index is 11.7. The van der Waals surface area contributed by atoms with Gasteiger partial charge in [0, 0.05) is 19.1 Å². The number of rotatable bonds is 1. The quantitative estimate of drug-likeness (QED) is 0.642. The van der Waals surface area contributed by atoms with Crippen molar-refractivity contribution >= 4 is 23.2 Å². The lowest BCUT2D eigenvalue weighted by atomic mass is 10.00. The Balaban J connectivity index is 2.75. The second-order valence-electron chi connectivity index (χ2n) is 4.57. The highest BCUT2D eigenvalue weighted by Gasteiger charge is 2.38. The summed E-state index contributed by atoms with van der Waals surface area (Å²) in [4.78, 5) is 13.6. The van der Waals surface area contributed by atoms with Crippen molar-refractivity contribution in [3.8, 4) is 0 Å². The summed E-state index contributed by atoms with van der Waals surface area (Å²) < 4.78 is 0. The van der Waals surface area contributed by atoms with Gasteiger partial charge in [-0.2, -0.15) is 0 Å². The number of nitrogens with one attached hydrogen (secondary N) is 2. The van der Waals surface area contributed by atoms with E-state index < -0.39 is 5.54 Å². The van der Waals surface area contributed by atoms with Crippen LogP contribution in [0.25, 0.3) is 0 Å². The number of carbonyl (C=O) groups excluding carboxylic acids is 1. The highest BCUT2D eigenvalue weighted by Crippen LogP contribution is 2.17. The van der Waals surface area contributed by atoms with Crippen molar-refractivity contribution in [3.05, 3.63) is 0 Å². The predicted molar refractivity (Wildman–Crippen MR) is 64.7 cm³/mol. The molecule has 0 aromatic rings. The molecule has 1 heterocycles. The average Bonchev–Trinajstić information content (AvgIpc) is 2.08. The molecule has 0 unspecified atom stereocenters. The molecule has 0 atom stereocenters. The van der Waals surface area contributed by atoms with E-state index in [-0.39, 0.29) is 5.91 Å². The Morgan fingerprint density at radius 3 is 2.73 bits per heavy atom. The van der Waals surface area contributed by atoms with E-state index in [1.54, 1.807) is 0 Å². The molecule has 1 amide bonds. The number of amides is 1. The SMILES string of the molecule is CC(C)NC(=S)N1CCNC(=O)C1(C)C. The van der Waals surface area contributed by atoms with Crippen molar-refractivity contribution in [2.45, 2.75) is 39.3 Å². The number of carbonyl (C=O) groups is 1. The van der Waals surface area contributed by atoms with Gasteiger partial charge in [-0.25, -0.2) is 0 Å². The lowest BCUT2D eigenvalue weighted by Crippen LogP contribution is -2.65. The fraction of sp³-hybridized carbons (Fsp3) is 0.800. The van der Waals surface area contributed by atoms with Gasteiger partial charge >= 0.3 is 0 Å². The first-order valence-corrected chi connectivity index (χ1v) is 5.63. The monoisotopic (exact) mass is 229 g/mol. The summed E-state index contributed by atoms with van der Waals surface area (Å²) in [6.07, 6.45) is 0. The van der Waals surface area contributed by atoms with Crippen molar-refractivity contribution in [2.75, 3.05) is 13.1 Å². The molecule has 0 aromatic heterocycles. The van der Waals surface area contributed by atoms with Gasteiger partial charge in [-0.3, -0.25) is 4.79 Å². The fourth-order valence-corrected chi connectivity index (χ4v) is 2.14. The zero-order chi connectivity index (χ0) is 11.6. The topological polar surface area (TPSA) is 44.4 Å². The van der Waals surface area contributed by atoms with Crippen LogP contribution >= 0.6 is 12.2 Å². The summed E-state index contributed by atoms with van der Waals surface area (Å²) in [5.74, 6) is 0.0293. The molecule has 0 radical (unpaired) electrons. The molecule has 0 spiro atoms. The van der Waals surface area contributed by atoms with Crippen LogP contribution in [-0.2, 0) is 4.79 Å². The molecular weight excluding hydrogens is 210 g/mol. The summed E-state index contributed by atoms with van der Waals surface area (Å²) in [6.45, 7) is 9.25. The molecule has 15 heavy (non-hydrogen) atoms. The van der Waals surface area contributed by atoms with Gasteiger partial charge in [0.15, 0.2) is 5.11 Å². The molecule has 4 nitrogen and oxygen atoms in total. The maximum atomic E-state index is 11.7. The maximum Gasteiger partial charge on any atom is 0.245 e. The first-order valence-electron chi connectivity index (χ1n) is 5.22. The lowest BCUT2D eigenvalue weighted by molar-refractivity contribution is -0.132. The van der Waals surface area contributed by atoms with Crippen LogP contribution in [0, 0.1) is 0 Å². The Kier molecular flexibility index (Phi) is 3.54.